The lowest BCUT2D eigenvalue weighted by Gasteiger charge is -2.10. The molecule has 0 aliphatic rings. The standard InChI is InChI=1S/C32H26O10/c33-27-19-23(11-13-25(27)29(35)21-7-3-1-4-8-21)39-15-17-41-31(37)32(38)42-18-16-40-24-12-14-26(28(34)20-24)30(36)22-9-5-2-6-10-22/h1-14,19-20,33-34H,15-18H2. The number of esters is 2. The second-order valence-electron chi connectivity index (χ2n) is 8.72. The van der Waals surface area contributed by atoms with E-state index in [1.54, 1.807) is 60.7 Å². The highest BCUT2D eigenvalue weighted by Crippen LogP contribution is 2.27. The maximum absolute atomic E-state index is 12.5. The van der Waals surface area contributed by atoms with Crippen LogP contribution in [0.4, 0.5) is 0 Å². The summed E-state index contributed by atoms with van der Waals surface area (Å²) in [5, 5.41) is 20.4. The monoisotopic (exact) mass is 570 g/mol. The maximum atomic E-state index is 12.5. The molecule has 0 bridgehead atoms. The molecule has 0 aliphatic heterocycles. The Morgan fingerprint density at radius 1 is 0.500 bits per heavy atom. The Balaban J connectivity index is 1.14. The summed E-state index contributed by atoms with van der Waals surface area (Å²) in [6.45, 7) is -0.800. The highest BCUT2D eigenvalue weighted by Gasteiger charge is 2.18. The minimum absolute atomic E-state index is 0.110. The first kappa shape index (κ1) is 29.3. The molecule has 0 aromatic heterocycles. The predicted molar refractivity (Wildman–Crippen MR) is 149 cm³/mol. The minimum atomic E-state index is -1.23. The Bertz CT molecular complexity index is 1450. The second kappa shape index (κ2) is 14.1. The number of aromatic hydroxyl groups is 2. The number of ether oxygens (including phenoxy) is 4. The van der Waals surface area contributed by atoms with Crippen molar-refractivity contribution in [2.75, 3.05) is 26.4 Å². The zero-order valence-electron chi connectivity index (χ0n) is 22.2. The van der Waals surface area contributed by atoms with E-state index in [9.17, 15) is 29.4 Å². The predicted octanol–water partition coefficient (Wildman–Crippen LogP) is 4.10. The molecule has 42 heavy (non-hydrogen) atoms. The van der Waals surface area contributed by atoms with Crippen molar-refractivity contribution < 1.29 is 48.3 Å². The first-order valence-corrected chi connectivity index (χ1v) is 12.8. The van der Waals surface area contributed by atoms with Gasteiger partial charge < -0.3 is 29.2 Å². The van der Waals surface area contributed by atoms with E-state index in [1.807, 2.05) is 0 Å². The number of rotatable bonds is 12. The third-order valence-electron chi connectivity index (χ3n) is 5.84. The molecule has 10 nitrogen and oxygen atoms in total. The van der Waals surface area contributed by atoms with Crippen molar-refractivity contribution in [1.82, 2.24) is 0 Å². The summed E-state index contributed by atoms with van der Waals surface area (Å²) in [5.74, 6) is -3.22. The number of phenolic OH excluding ortho intramolecular Hbond substituents is 2. The molecular weight excluding hydrogens is 544 g/mol. The number of ketones is 2. The van der Waals surface area contributed by atoms with Crippen LogP contribution in [0.25, 0.3) is 0 Å². The maximum Gasteiger partial charge on any atom is 0.417 e. The van der Waals surface area contributed by atoms with E-state index in [-0.39, 0.29) is 72.1 Å². The molecule has 0 fully saturated rings. The molecule has 0 aliphatic carbocycles. The molecule has 4 aromatic carbocycles. The molecule has 0 spiro atoms. The van der Waals surface area contributed by atoms with Crippen LogP contribution in [-0.4, -0.2) is 60.1 Å². The van der Waals surface area contributed by atoms with Crippen LogP contribution in [0.3, 0.4) is 0 Å². The van der Waals surface area contributed by atoms with Crippen molar-refractivity contribution in [2.24, 2.45) is 0 Å². The van der Waals surface area contributed by atoms with Gasteiger partial charge in [0.05, 0.1) is 11.1 Å². The van der Waals surface area contributed by atoms with Gasteiger partial charge >= 0.3 is 11.9 Å². The number of hydrogen-bond acceptors (Lipinski definition) is 10. The number of benzene rings is 4. The molecule has 4 rings (SSSR count). The lowest BCUT2D eigenvalue weighted by molar-refractivity contribution is -0.168. The molecule has 0 atom stereocenters. The van der Waals surface area contributed by atoms with E-state index in [4.69, 9.17) is 18.9 Å². The van der Waals surface area contributed by atoms with Crippen molar-refractivity contribution in [1.29, 1.82) is 0 Å². The highest BCUT2D eigenvalue weighted by molar-refractivity contribution is 6.29. The average Bonchev–Trinajstić information content (AvgIpc) is 3.01. The van der Waals surface area contributed by atoms with Crippen LogP contribution in [-0.2, 0) is 19.1 Å². The van der Waals surface area contributed by atoms with E-state index in [1.165, 1.54) is 36.4 Å². The van der Waals surface area contributed by atoms with Crippen LogP contribution in [0.2, 0.25) is 0 Å². The molecule has 0 amide bonds. The first-order chi connectivity index (χ1) is 20.3. The van der Waals surface area contributed by atoms with Crippen molar-refractivity contribution in [2.45, 2.75) is 0 Å². The van der Waals surface area contributed by atoms with Crippen molar-refractivity contribution in [3.05, 3.63) is 119 Å². The zero-order valence-corrected chi connectivity index (χ0v) is 22.2. The summed E-state index contributed by atoms with van der Waals surface area (Å²) in [4.78, 5) is 48.7. The second-order valence-corrected chi connectivity index (χ2v) is 8.72. The van der Waals surface area contributed by atoms with Gasteiger partial charge in [0.15, 0.2) is 11.6 Å². The summed E-state index contributed by atoms with van der Waals surface area (Å²) in [7, 11) is 0. The Hall–Kier alpha value is -5.64. The fourth-order valence-corrected chi connectivity index (χ4v) is 3.78. The van der Waals surface area contributed by atoms with Gasteiger partial charge in [-0.2, -0.15) is 0 Å². The Morgan fingerprint density at radius 3 is 1.24 bits per heavy atom. The smallest absolute Gasteiger partial charge is 0.417 e. The normalized spacial score (nSPS) is 10.4. The molecule has 10 heteroatoms. The number of phenols is 2. The number of hydrogen-bond donors (Lipinski definition) is 2. The van der Waals surface area contributed by atoms with E-state index in [2.05, 4.69) is 0 Å². The van der Waals surface area contributed by atoms with Crippen molar-refractivity contribution in [3.8, 4) is 23.0 Å². The largest absolute Gasteiger partial charge is 0.507 e. The summed E-state index contributed by atoms with van der Waals surface area (Å²) in [6, 6.07) is 25.3. The number of carbonyl (C=O) groups is 4. The summed E-state index contributed by atoms with van der Waals surface area (Å²) in [5.41, 5.74) is 1.08. The fraction of sp³-hybridized carbons (Fsp3) is 0.125. The minimum Gasteiger partial charge on any atom is -0.507 e. The molecule has 0 saturated heterocycles. The summed E-state index contributed by atoms with van der Waals surface area (Å²) in [6.07, 6.45) is 0. The third kappa shape index (κ3) is 7.72. The van der Waals surface area contributed by atoms with Gasteiger partial charge in [0.1, 0.15) is 49.4 Å². The molecule has 0 unspecified atom stereocenters. The van der Waals surface area contributed by atoms with E-state index < -0.39 is 11.9 Å². The van der Waals surface area contributed by atoms with E-state index >= 15 is 0 Å². The molecule has 0 saturated carbocycles. The molecule has 214 valence electrons. The zero-order chi connectivity index (χ0) is 29.9. The fourth-order valence-electron chi connectivity index (χ4n) is 3.78. The molecule has 4 aromatic rings. The van der Waals surface area contributed by atoms with Crippen molar-refractivity contribution in [3.63, 3.8) is 0 Å². The average molecular weight is 571 g/mol. The van der Waals surface area contributed by atoms with Gasteiger partial charge in [-0.3, -0.25) is 9.59 Å². The topological polar surface area (TPSA) is 146 Å². The molecule has 2 N–H and O–H groups in total. The Kier molecular flexibility index (Phi) is 9.87. The van der Waals surface area contributed by atoms with E-state index in [0.29, 0.717) is 11.1 Å². The van der Waals surface area contributed by atoms with Gasteiger partial charge in [-0.15, -0.1) is 0 Å². The van der Waals surface area contributed by atoms with Crippen LogP contribution in [0.5, 0.6) is 23.0 Å². The summed E-state index contributed by atoms with van der Waals surface area (Å²) < 4.78 is 20.4. The first-order valence-electron chi connectivity index (χ1n) is 12.8. The highest BCUT2D eigenvalue weighted by atomic mass is 16.6. The third-order valence-corrected chi connectivity index (χ3v) is 5.84. The van der Waals surface area contributed by atoms with Crippen LogP contribution in [0.15, 0.2) is 97.1 Å². The SMILES string of the molecule is O=C(OCCOc1ccc(C(=O)c2ccccc2)c(O)c1)C(=O)OCCOc1ccc(C(=O)c2ccccc2)c(O)c1. The quantitative estimate of drug-likeness (QED) is 0.110. The van der Waals surface area contributed by atoms with Gasteiger partial charge in [-0.1, -0.05) is 60.7 Å². The van der Waals surface area contributed by atoms with Crippen LogP contribution in [0, 0.1) is 0 Å². The van der Waals surface area contributed by atoms with Gasteiger partial charge in [-0.05, 0) is 24.3 Å². The van der Waals surface area contributed by atoms with Crippen molar-refractivity contribution >= 4 is 23.5 Å². The molecule has 0 radical (unpaired) electrons. The molecule has 0 heterocycles. The lowest BCUT2D eigenvalue weighted by atomic mass is 10.0. The van der Waals surface area contributed by atoms with Crippen LogP contribution in [0.1, 0.15) is 31.8 Å². The van der Waals surface area contributed by atoms with Crippen LogP contribution >= 0.6 is 0 Å². The van der Waals surface area contributed by atoms with Crippen LogP contribution < -0.4 is 9.47 Å². The van der Waals surface area contributed by atoms with Gasteiger partial charge in [0, 0.05) is 23.3 Å². The van der Waals surface area contributed by atoms with E-state index in [0.717, 1.165) is 0 Å². The molecular formula is C32H26O10. The Labute approximate surface area is 240 Å². The summed E-state index contributed by atoms with van der Waals surface area (Å²) >= 11 is 0. The lowest BCUT2D eigenvalue weighted by Crippen LogP contribution is -2.24. The number of carbonyl (C=O) groups excluding carboxylic acids is 4. The van der Waals surface area contributed by atoms with Gasteiger partial charge in [0.25, 0.3) is 0 Å². The van der Waals surface area contributed by atoms with Gasteiger partial charge in [0.2, 0.25) is 0 Å². The van der Waals surface area contributed by atoms with Gasteiger partial charge in [-0.25, -0.2) is 9.59 Å². The Morgan fingerprint density at radius 2 is 0.881 bits per heavy atom.